The minimum absolute atomic E-state index is 0.152. The summed E-state index contributed by atoms with van der Waals surface area (Å²) in [5.74, 6) is -2.01. The molecule has 2 N–H and O–H groups in total. The molecule has 0 saturated heterocycles. The third kappa shape index (κ3) is 5.38. The summed E-state index contributed by atoms with van der Waals surface area (Å²) in [6.07, 6.45) is 0. The topological polar surface area (TPSA) is 50.4 Å². The van der Waals surface area contributed by atoms with Gasteiger partial charge < -0.3 is 10.1 Å². The van der Waals surface area contributed by atoms with Crippen molar-refractivity contribution in [3.63, 3.8) is 0 Å². The fourth-order valence-electron chi connectivity index (χ4n) is 3.14. The van der Waals surface area contributed by atoms with E-state index in [0.717, 1.165) is 31.9 Å². The Morgan fingerprint density at radius 2 is 1.65 bits per heavy atom. The van der Waals surface area contributed by atoms with Gasteiger partial charge in [0, 0.05) is 10.2 Å². The SMILES string of the molecule is O=C(NC(=S)Nc1ccc(Oc2ccc3cc(Br)ccc3c2Br)c(Cl)c1)c1c(F)cccc1F. The van der Waals surface area contributed by atoms with E-state index in [0.29, 0.717) is 17.2 Å². The number of amides is 1. The highest BCUT2D eigenvalue weighted by molar-refractivity contribution is 9.11. The summed E-state index contributed by atoms with van der Waals surface area (Å²) >= 11 is 18.5. The summed E-state index contributed by atoms with van der Waals surface area (Å²) in [4.78, 5) is 12.2. The molecular weight excluding hydrogens is 614 g/mol. The lowest BCUT2D eigenvalue weighted by Gasteiger charge is -2.14. The van der Waals surface area contributed by atoms with E-state index >= 15 is 0 Å². The Morgan fingerprint density at radius 1 is 0.941 bits per heavy atom. The first kappa shape index (κ1) is 24.5. The molecule has 4 aromatic rings. The minimum Gasteiger partial charge on any atom is -0.455 e. The smallest absolute Gasteiger partial charge is 0.263 e. The van der Waals surface area contributed by atoms with E-state index in [2.05, 4.69) is 42.5 Å². The van der Waals surface area contributed by atoms with Crippen molar-refractivity contribution in [2.45, 2.75) is 0 Å². The molecule has 0 heterocycles. The van der Waals surface area contributed by atoms with Gasteiger partial charge in [-0.3, -0.25) is 10.1 Å². The number of benzene rings is 4. The maximum Gasteiger partial charge on any atom is 0.263 e. The molecule has 10 heteroatoms. The monoisotopic (exact) mass is 624 g/mol. The number of halogens is 5. The first-order valence-corrected chi connectivity index (χ1v) is 12.0. The fourth-order valence-corrected chi connectivity index (χ4v) is 4.53. The molecule has 0 bridgehead atoms. The van der Waals surface area contributed by atoms with Crippen LogP contribution in [0, 0.1) is 11.6 Å². The molecule has 172 valence electrons. The number of hydrogen-bond acceptors (Lipinski definition) is 3. The van der Waals surface area contributed by atoms with Crippen LogP contribution < -0.4 is 15.4 Å². The third-order valence-electron chi connectivity index (χ3n) is 4.71. The Bertz CT molecular complexity index is 1430. The van der Waals surface area contributed by atoms with Crippen molar-refractivity contribution in [2.24, 2.45) is 0 Å². The zero-order valence-corrected chi connectivity index (χ0v) is 21.7. The van der Waals surface area contributed by atoms with Crippen LogP contribution in [0.4, 0.5) is 14.5 Å². The lowest BCUT2D eigenvalue weighted by molar-refractivity contribution is 0.0969. The Labute approximate surface area is 220 Å². The normalized spacial score (nSPS) is 10.7. The summed E-state index contributed by atoms with van der Waals surface area (Å²) in [5, 5.41) is 7.14. The molecule has 0 fully saturated rings. The molecule has 4 rings (SSSR count). The number of carbonyl (C=O) groups excluding carboxylic acids is 1. The zero-order valence-electron chi connectivity index (χ0n) is 17.0. The van der Waals surface area contributed by atoms with E-state index in [1.165, 1.54) is 6.07 Å². The molecule has 0 unspecified atom stereocenters. The third-order valence-corrected chi connectivity index (χ3v) is 6.52. The second-order valence-corrected chi connectivity index (χ2v) is 9.52. The van der Waals surface area contributed by atoms with Gasteiger partial charge in [-0.2, -0.15) is 0 Å². The van der Waals surface area contributed by atoms with Crippen LogP contribution in [0.1, 0.15) is 10.4 Å². The van der Waals surface area contributed by atoms with Crippen molar-refractivity contribution >= 4 is 83.2 Å². The molecule has 4 aromatic carbocycles. The molecule has 0 aliphatic heterocycles. The van der Waals surface area contributed by atoms with Crippen LogP contribution in [-0.2, 0) is 0 Å². The summed E-state index contributed by atoms with van der Waals surface area (Å²) in [6.45, 7) is 0. The molecule has 0 aliphatic carbocycles. The van der Waals surface area contributed by atoms with Gasteiger partial charge in [0.05, 0.1) is 9.50 Å². The van der Waals surface area contributed by atoms with Crippen molar-refractivity contribution in [1.29, 1.82) is 0 Å². The molecule has 0 radical (unpaired) electrons. The van der Waals surface area contributed by atoms with E-state index < -0.39 is 23.1 Å². The van der Waals surface area contributed by atoms with E-state index in [4.69, 9.17) is 28.6 Å². The summed E-state index contributed by atoms with van der Waals surface area (Å²) in [7, 11) is 0. The van der Waals surface area contributed by atoms with Crippen LogP contribution >= 0.6 is 55.7 Å². The van der Waals surface area contributed by atoms with Crippen LogP contribution in [0.5, 0.6) is 11.5 Å². The van der Waals surface area contributed by atoms with E-state index in [1.54, 1.807) is 18.2 Å². The van der Waals surface area contributed by atoms with E-state index in [-0.39, 0.29) is 10.1 Å². The van der Waals surface area contributed by atoms with Gasteiger partial charge in [-0.15, -0.1) is 0 Å². The van der Waals surface area contributed by atoms with Crippen molar-refractivity contribution in [3.8, 4) is 11.5 Å². The van der Waals surface area contributed by atoms with Gasteiger partial charge in [-0.1, -0.05) is 45.7 Å². The Balaban J connectivity index is 1.47. The predicted molar refractivity (Wildman–Crippen MR) is 141 cm³/mol. The number of thiocarbonyl (C=S) groups is 1. The number of rotatable bonds is 4. The van der Waals surface area contributed by atoms with Crippen LogP contribution in [0.25, 0.3) is 10.8 Å². The summed E-state index contributed by atoms with van der Waals surface area (Å²) in [6, 6.07) is 17.6. The average Bonchev–Trinajstić information content (AvgIpc) is 2.77. The Morgan fingerprint density at radius 3 is 2.35 bits per heavy atom. The maximum atomic E-state index is 13.8. The fraction of sp³-hybridized carbons (Fsp3) is 0. The quantitative estimate of drug-likeness (QED) is 0.224. The van der Waals surface area contributed by atoms with E-state index in [1.807, 2.05) is 30.3 Å². The second kappa shape index (κ2) is 10.4. The number of hydrogen-bond donors (Lipinski definition) is 2. The summed E-state index contributed by atoms with van der Waals surface area (Å²) in [5.41, 5.74) is -0.277. The predicted octanol–water partition coefficient (Wildman–Crippen LogP) is 8.22. The lowest BCUT2D eigenvalue weighted by atomic mass is 10.1. The highest BCUT2D eigenvalue weighted by atomic mass is 79.9. The molecular formula is C24H13Br2ClF2N2O2S. The molecule has 0 atom stereocenters. The molecule has 0 aliphatic rings. The highest BCUT2D eigenvalue weighted by Crippen LogP contribution is 2.39. The number of fused-ring (bicyclic) bond motifs is 1. The van der Waals surface area contributed by atoms with Crippen molar-refractivity contribution in [3.05, 3.63) is 97.9 Å². The van der Waals surface area contributed by atoms with Gasteiger partial charge >= 0.3 is 0 Å². The van der Waals surface area contributed by atoms with Crippen molar-refractivity contribution in [2.75, 3.05) is 5.32 Å². The lowest BCUT2D eigenvalue weighted by Crippen LogP contribution is -2.35. The van der Waals surface area contributed by atoms with Gasteiger partial charge in [0.15, 0.2) is 5.11 Å². The van der Waals surface area contributed by atoms with Gasteiger partial charge in [-0.05, 0) is 87.5 Å². The van der Waals surface area contributed by atoms with Crippen LogP contribution in [0.15, 0.2) is 75.7 Å². The standard InChI is InChI=1S/C24H13Br2ClF2N2O2S/c25-13-5-7-15-12(10-13)4-8-20(22(15)26)33-19-9-6-14(11-16(19)27)30-24(34)31-23(32)21-17(28)2-1-3-18(21)29/h1-11H,(H2,30,31,32,34). The van der Waals surface area contributed by atoms with Crippen LogP contribution in [-0.4, -0.2) is 11.0 Å². The first-order chi connectivity index (χ1) is 16.2. The van der Waals surface area contributed by atoms with Gasteiger partial charge in [-0.25, -0.2) is 8.78 Å². The summed E-state index contributed by atoms with van der Waals surface area (Å²) < 4.78 is 35.3. The highest BCUT2D eigenvalue weighted by Gasteiger charge is 2.18. The molecule has 0 spiro atoms. The average molecular weight is 627 g/mol. The Kier molecular flexibility index (Phi) is 7.47. The van der Waals surface area contributed by atoms with Gasteiger partial charge in [0.1, 0.15) is 28.7 Å². The van der Waals surface area contributed by atoms with Crippen molar-refractivity contribution in [1.82, 2.24) is 5.32 Å². The molecule has 34 heavy (non-hydrogen) atoms. The van der Waals surface area contributed by atoms with Crippen LogP contribution in [0.2, 0.25) is 5.02 Å². The zero-order chi connectivity index (χ0) is 24.4. The van der Waals surface area contributed by atoms with Gasteiger partial charge in [0.25, 0.3) is 5.91 Å². The maximum absolute atomic E-state index is 13.8. The minimum atomic E-state index is -1.01. The number of anilines is 1. The first-order valence-electron chi connectivity index (χ1n) is 9.64. The number of nitrogens with one attached hydrogen (secondary N) is 2. The molecule has 0 saturated carbocycles. The van der Waals surface area contributed by atoms with Crippen molar-refractivity contribution < 1.29 is 18.3 Å². The molecule has 0 aromatic heterocycles. The number of ether oxygens (including phenoxy) is 1. The largest absolute Gasteiger partial charge is 0.455 e. The second-order valence-electron chi connectivity index (χ2n) is 7.00. The number of carbonyl (C=O) groups is 1. The van der Waals surface area contributed by atoms with Gasteiger partial charge in [0.2, 0.25) is 0 Å². The molecule has 1 amide bonds. The van der Waals surface area contributed by atoms with E-state index in [9.17, 15) is 13.6 Å². The Hall–Kier alpha value is -2.59. The molecule has 4 nitrogen and oxygen atoms in total. The van der Waals surface area contributed by atoms with Crippen LogP contribution in [0.3, 0.4) is 0 Å².